The molecule has 0 atom stereocenters. The number of imidazole rings is 1. The van der Waals surface area contributed by atoms with E-state index < -0.39 is 38.1 Å². The third-order valence-corrected chi connectivity index (χ3v) is 7.09. The van der Waals surface area contributed by atoms with Crippen LogP contribution in [0.4, 0.5) is 14.6 Å². The Morgan fingerprint density at radius 1 is 1.20 bits per heavy atom. The number of nitrogens with two attached hydrogens (primary N) is 1. The smallest absolute Gasteiger partial charge is 0.254 e. The molecule has 3 heterocycles. The molecule has 0 unspecified atom stereocenters. The molecule has 8 nitrogen and oxygen atoms in total. The van der Waals surface area contributed by atoms with Crippen molar-refractivity contribution in [3.05, 3.63) is 41.9 Å². The lowest BCUT2D eigenvalue weighted by molar-refractivity contribution is 0.0824. The van der Waals surface area contributed by atoms with Crippen molar-refractivity contribution in [3.8, 4) is 11.3 Å². The van der Waals surface area contributed by atoms with Crippen LogP contribution < -0.4 is 5.73 Å². The number of fused-ring (bicyclic) bond motifs is 1. The molecule has 0 saturated heterocycles. The maximum Gasteiger partial charge on any atom is 0.254 e. The molecule has 2 N–H and O–H groups in total. The monoisotopic (exact) mass is 437 g/mol. The number of amides is 1. The third kappa shape index (κ3) is 3.38. The fourth-order valence-electron chi connectivity index (χ4n) is 2.82. The van der Waals surface area contributed by atoms with Crippen molar-refractivity contribution in [1.29, 1.82) is 0 Å². The molecule has 3 aromatic rings. The number of aromatic nitrogens is 3. The summed E-state index contributed by atoms with van der Waals surface area (Å²) in [6.45, 7) is 4.51. The Labute approximate surface area is 172 Å². The van der Waals surface area contributed by atoms with E-state index in [1.165, 1.54) is 62.6 Å². The summed E-state index contributed by atoms with van der Waals surface area (Å²) in [5.74, 6) is -3.09. The van der Waals surface area contributed by atoms with Crippen LogP contribution in [0.2, 0.25) is 0 Å². The quantitative estimate of drug-likeness (QED) is 0.631. The number of halogens is 2. The van der Waals surface area contributed by atoms with E-state index in [9.17, 15) is 22.0 Å². The van der Waals surface area contributed by atoms with Gasteiger partial charge in [-0.15, -0.1) is 0 Å². The molecule has 3 aromatic heterocycles. The summed E-state index contributed by atoms with van der Waals surface area (Å²) in [7, 11) is -0.988. The van der Waals surface area contributed by atoms with E-state index in [4.69, 9.17) is 5.73 Å². The average molecular weight is 437 g/mol. The molecule has 160 valence electrons. The van der Waals surface area contributed by atoms with Gasteiger partial charge in [-0.2, -0.15) is 9.37 Å². The summed E-state index contributed by atoms with van der Waals surface area (Å²) < 4.78 is 54.8. The van der Waals surface area contributed by atoms with Crippen LogP contribution in [0, 0.1) is 11.8 Å². The standard InChI is InChI=1S/C19H21F2N5O3S/c1-19(2,3)30(28,29)14-9-26-13(10-6-12(20)17(22)24-16(10)21)8-23-15(26)7-11(14)18(27)25(4)5/h6-9H,1-5H3,(H2,22,24). The van der Waals surface area contributed by atoms with Gasteiger partial charge in [0.05, 0.1) is 32.7 Å². The summed E-state index contributed by atoms with van der Waals surface area (Å²) in [5, 5.41) is 0. The number of carbonyl (C=O) groups excluding carboxylic acids is 1. The molecule has 0 aromatic carbocycles. The van der Waals surface area contributed by atoms with Crippen molar-refractivity contribution < 1.29 is 22.0 Å². The molecular weight excluding hydrogens is 416 g/mol. The van der Waals surface area contributed by atoms with E-state index in [-0.39, 0.29) is 27.4 Å². The highest BCUT2D eigenvalue weighted by atomic mass is 32.2. The predicted molar refractivity (Wildman–Crippen MR) is 108 cm³/mol. The number of sulfone groups is 1. The molecule has 0 bridgehead atoms. The minimum atomic E-state index is -3.98. The van der Waals surface area contributed by atoms with Gasteiger partial charge in [0.25, 0.3) is 5.91 Å². The summed E-state index contributed by atoms with van der Waals surface area (Å²) in [5.41, 5.74) is 5.22. The Morgan fingerprint density at radius 3 is 2.40 bits per heavy atom. The minimum absolute atomic E-state index is 0.0584. The van der Waals surface area contributed by atoms with Crippen molar-refractivity contribution in [1.82, 2.24) is 19.3 Å². The lowest BCUT2D eigenvalue weighted by Gasteiger charge is -2.22. The van der Waals surface area contributed by atoms with E-state index in [0.717, 1.165) is 6.07 Å². The van der Waals surface area contributed by atoms with Crippen LogP contribution >= 0.6 is 0 Å². The van der Waals surface area contributed by atoms with Gasteiger partial charge < -0.3 is 10.6 Å². The second kappa shape index (κ2) is 7.01. The second-order valence-electron chi connectivity index (χ2n) is 7.93. The van der Waals surface area contributed by atoms with Gasteiger partial charge in [-0.05, 0) is 32.9 Å². The van der Waals surface area contributed by atoms with Gasteiger partial charge in [-0.3, -0.25) is 9.20 Å². The van der Waals surface area contributed by atoms with Gasteiger partial charge in [0, 0.05) is 20.3 Å². The Hall–Kier alpha value is -3.08. The molecule has 0 aliphatic carbocycles. The number of nitrogen functional groups attached to an aromatic ring is 1. The lowest BCUT2D eigenvalue weighted by Crippen LogP contribution is -2.31. The zero-order valence-electron chi connectivity index (χ0n) is 17.1. The fourth-order valence-corrected chi connectivity index (χ4v) is 4.15. The van der Waals surface area contributed by atoms with Gasteiger partial charge in [0.1, 0.15) is 5.65 Å². The van der Waals surface area contributed by atoms with Gasteiger partial charge in [0.15, 0.2) is 21.5 Å². The van der Waals surface area contributed by atoms with E-state index >= 15 is 0 Å². The van der Waals surface area contributed by atoms with Crippen molar-refractivity contribution in [2.24, 2.45) is 0 Å². The van der Waals surface area contributed by atoms with E-state index in [1.807, 2.05) is 0 Å². The number of anilines is 1. The maximum atomic E-state index is 14.4. The zero-order valence-corrected chi connectivity index (χ0v) is 17.9. The second-order valence-corrected chi connectivity index (χ2v) is 10.6. The highest BCUT2D eigenvalue weighted by molar-refractivity contribution is 7.92. The largest absolute Gasteiger partial charge is 0.381 e. The van der Waals surface area contributed by atoms with Crippen LogP contribution in [-0.4, -0.2) is 52.4 Å². The first-order valence-electron chi connectivity index (χ1n) is 8.85. The topological polar surface area (TPSA) is 111 Å². The van der Waals surface area contributed by atoms with Crippen molar-refractivity contribution in [2.75, 3.05) is 19.8 Å². The summed E-state index contributed by atoms with van der Waals surface area (Å²) in [6.07, 6.45) is 2.44. The van der Waals surface area contributed by atoms with E-state index in [2.05, 4.69) is 9.97 Å². The minimum Gasteiger partial charge on any atom is -0.381 e. The van der Waals surface area contributed by atoms with Crippen molar-refractivity contribution in [2.45, 2.75) is 30.4 Å². The van der Waals surface area contributed by atoms with E-state index in [1.54, 1.807) is 0 Å². The number of rotatable bonds is 3. The first-order chi connectivity index (χ1) is 13.8. The van der Waals surface area contributed by atoms with Crippen LogP contribution in [0.25, 0.3) is 16.9 Å². The highest BCUT2D eigenvalue weighted by Crippen LogP contribution is 2.32. The number of carbonyl (C=O) groups is 1. The zero-order chi connectivity index (χ0) is 22.6. The van der Waals surface area contributed by atoms with Crippen LogP contribution in [0.1, 0.15) is 31.1 Å². The Kier molecular flexibility index (Phi) is 5.05. The van der Waals surface area contributed by atoms with Gasteiger partial charge >= 0.3 is 0 Å². The molecule has 11 heteroatoms. The summed E-state index contributed by atoms with van der Waals surface area (Å²) in [4.78, 5) is 21.1. The van der Waals surface area contributed by atoms with Crippen LogP contribution in [0.3, 0.4) is 0 Å². The van der Waals surface area contributed by atoms with Gasteiger partial charge in [0.2, 0.25) is 5.95 Å². The molecule has 0 spiro atoms. The van der Waals surface area contributed by atoms with Crippen molar-refractivity contribution >= 4 is 27.2 Å². The Morgan fingerprint density at radius 2 is 1.83 bits per heavy atom. The number of pyridine rings is 2. The highest BCUT2D eigenvalue weighted by Gasteiger charge is 2.35. The van der Waals surface area contributed by atoms with E-state index in [0.29, 0.717) is 0 Å². The molecule has 1 amide bonds. The lowest BCUT2D eigenvalue weighted by atomic mass is 10.2. The fraction of sp³-hybridized carbons (Fsp3) is 0.316. The molecule has 0 aliphatic heterocycles. The normalized spacial score (nSPS) is 12.4. The van der Waals surface area contributed by atoms with Gasteiger partial charge in [-0.25, -0.2) is 17.8 Å². The van der Waals surface area contributed by atoms with Crippen molar-refractivity contribution in [3.63, 3.8) is 0 Å². The average Bonchev–Trinajstić information content (AvgIpc) is 3.04. The molecule has 0 saturated carbocycles. The number of hydrogen-bond donors (Lipinski definition) is 1. The van der Waals surface area contributed by atoms with Crippen LogP contribution in [-0.2, 0) is 9.84 Å². The van der Waals surface area contributed by atoms with Gasteiger partial charge in [-0.1, -0.05) is 0 Å². The number of hydrogen-bond acceptors (Lipinski definition) is 6. The molecule has 3 rings (SSSR count). The third-order valence-electron chi connectivity index (χ3n) is 4.58. The maximum absolute atomic E-state index is 14.4. The Balaban J connectivity index is 2.39. The Bertz CT molecular complexity index is 1280. The molecule has 0 radical (unpaired) electrons. The predicted octanol–water partition coefficient (Wildman–Crippen LogP) is 2.53. The summed E-state index contributed by atoms with van der Waals surface area (Å²) in [6, 6.07) is 2.17. The first kappa shape index (κ1) is 21.6. The molecule has 30 heavy (non-hydrogen) atoms. The van der Waals surface area contributed by atoms with Crippen LogP contribution in [0.5, 0.6) is 0 Å². The summed E-state index contributed by atoms with van der Waals surface area (Å²) >= 11 is 0. The molecular formula is C19H21F2N5O3S. The molecule has 0 aliphatic rings. The SMILES string of the molecule is CN(C)C(=O)c1cc2ncc(-c3cc(F)c(N)nc3F)n2cc1S(=O)(=O)C(C)(C)C. The van der Waals surface area contributed by atoms with Crippen LogP contribution in [0.15, 0.2) is 29.4 Å². The first-order valence-corrected chi connectivity index (χ1v) is 10.3. The molecule has 0 fully saturated rings. The number of nitrogens with zero attached hydrogens (tertiary/aromatic N) is 4.